The highest BCUT2D eigenvalue weighted by atomic mass is 15.2. The summed E-state index contributed by atoms with van der Waals surface area (Å²) in [6, 6.07) is 11.2. The van der Waals surface area contributed by atoms with Crippen LogP contribution in [0, 0.1) is 5.92 Å². The van der Waals surface area contributed by atoms with Gasteiger partial charge in [-0.3, -0.25) is 4.90 Å². The van der Waals surface area contributed by atoms with E-state index in [1.54, 1.807) is 0 Å². The molecule has 0 bridgehead atoms. The largest absolute Gasteiger partial charge is 0.329 e. The highest BCUT2D eigenvalue weighted by Gasteiger charge is 2.24. The van der Waals surface area contributed by atoms with Gasteiger partial charge in [-0.05, 0) is 18.5 Å². The first-order valence-electron chi connectivity index (χ1n) is 6.85. The minimum absolute atomic E-state index is 0.485. The fraction of sp³-hybridized carbons (Fsp3) is 0.600. The van der Waals surface area contributed by atoms with Crippen LogP contribution in [-0.2, 0) is 6.54 Å². The maximum atomic E-state index is 5.90. The Kier molecular flexibility index (Phi) is 4.75. The zero-order chi connectivity index (χ0) is 13.0. The van der Waals surface area contributed by atoms with E-state index in [0.717, 1.165) is 32.7 Å². The molecule has 1 aliphatic heterocycles. The van der Waals surface area contributed by atoms with Crippen molar-refractivity contribution in [2.24, 2.45) is 11.7 Å². The van der Waals surface area contributed by atoms with E-state index in [4.69, 9.17) is 5.73 Å². The van der Waals surface area contributed by atoms with Crippen LogP contribution in [0.15, 0.2) is 30.3 Å². The van der Waals surface area contributed by atoms with Gasteiger partial charge < -0.3 is 10.6 Å². The van der Waals surface area contributed by atoms with Crippen LogP contribution in [0.4, 0.5) is 0 Å². The van der Waals surface area contributed by atoms with Crippen LogP contribution in [0.2, 0.25) is 0 Å². The van der Waals surface area contributed by atoms with Gasteiger partial charge in [-0.2, -0.15) is 0 Å². The van der Waals surface area contributed by atoms with Crippen molar-refractivity contribution in [1.29, 1.82) is 0 Å². The first kappa shape index (κ1) is 13.5. The second kappa shape index (κ2) is 6.32. The smallest absolute Gasteiger partial charge is 0.0342 e. The molecule has 2 rings (SSSR count). The lowest BCUT2D eigenvalue weighted by Gasteiger charge is -2.27. The van der Waals surface area contributed by atoms with Crippen molar-refractivity contribution < 1.29 is 0 Å². The molecule has 0 aliphatic carbocycles. The summed E-state index contributed by atoms with van der Waals surface area (Å²) in [7, 11) is 2.19. The van der Waals surface area contributed by atoms with E-state index in [-0.39, 0.29) is 0 Å². The standard InChI is InChI=1S/C15H25N3/c1-13-9-17(2)15(8-16)12-18(10-13)11-14-6-4-3-5-7-14/h3-7,13,15H,8-12,16H2,1-2H3. The van der Waals surface area contributed by atoms with E-state index in [9.17, 15) is 0 Å². The molecule has 1 aromatic carbocycles. The van der Waals surface area contributed by atoms with Gasteiger partial charge in [0.1, 0.15) is 0 Å². The maximum Gasteiger partial charge on any atom is 0.0342 e. The van der Waals surface area contributed by atoms with Crippen molar-refractivity contribution in [3.8, 4) is 0 Å². The number of hydrogen-bond donors (Lipinski definition) is 1. The molecular formula is C15H25N3. The van der Waals surface area contributed by atoms with Gasteiger partial charge in [0.2, 0.25) is 0 Å². The fourth-order valence-corrected chi connectivity index (χ4v) is 2.88. The Labute approximate surface area is 111 Å². The van der Waals surface area contributed by atoms with Crippen LogP contribution in [-0.4, -0.2) is 49.1 Å². The average Bonchev–Trinajstić information content (AvgIpc) is 2.49. The van der Waals surface area contributed by atoms with Crippen molar-refractivity contribution in [2.75, 3.05) is 33.2 Å². The maximum absolute atomic E-state index is 5.90. The summed E-state index contributed by atoms with van der Waals surface area (Å²) in [6.07, 6.45) is 0. The Morgan fingerprint density at radius 2 is 1.89 bits per heavy atom. The summed E-state index contributed by atoms with van der Waals surface area (Å²) in [5, 5.41) is 0. The third-order valence-corrected chi connectivity index (χ3v) is 3.78. The molecule has 2 unspecified atom stereocenters. The molecule has 1 aromatic rings. The van der Waals surface area contributed by atoms with Gasteiger partial charge in [0, 0.05) is 38.8 Å². The van der Waals surface area contributed by atoms with E-state index in [1.165, 1.54) is 5.56 Å². The zero-order valence-electron chi connectivity index (χ0n) is 11.5. The molecule has 1 fully saturated rings. The quantitative estimate of drug-likeness (QED) is 0.876. The monoisotopic (exact) mass is 247 g/mol. The summed E-state index contributed by atoms with van der Waals surface area (Å²) in [6.45, 7) is 7.49. The highest BCUT2D eigenvalue weighted by molar-refractivity contribution is 5.14. The SMILES string of the molecule is CC1CN(Cc2ccccc2)CC(CN)N(C)C1. The lowest BCUT2D eigenvalue weighted by atomic mass is 10.1. The first-order chi connectivity index (χ1) is 8.69. The lowest BCUT2D eigenvalue weighted by molar-refractivity contribution is 0.207. The van der Waals surface area contributed by atoms with Gasteiger partial charge in [-0.1, -0.05) is 37.3 Å². The Balaban J connectivity index is 2.02. The fourth-order valence-electron chi connectivity index (χ4n) is 2.88. The van der Waals surface area contributed by atoms with Gasteiger partial charge in [-0.15, -0.1) is 0 Å². The Hall–Kier alpha value is -0.900. The van der Waals surface area contributed by atoms with Crippen LogP contribution >= 0.6 is 0 Å². The third-order valence-electron chi connectivity index (χ3n) is 3.78. The molecule has 18 heavy (non-hydrogen) atoms. The third kappa shape index (κ3) is 3.55. The average molecular weight is 247 g/mol. The molecule has 100 valence electrons. The Morgan fingerprint density at radius 3 is 2.56 bits per heavy atom. The van der Waals surface area contributed by atoms with E-state index in [2.05, 4.69) is 54.1 Å². The second-order valence-corrected chi connectivity index (χ2v) is 5.61. The molecule has 0 aromatic heterocycles. The highest BCUT2D eigenvalue weighted by Crippen LogP contribution is 2.15. The van der Waals surface area contributed by atoms with Crippen molar-refractivity contribution in [1.82, 2.24) is 9.80 Å². The summed E-state index contributed by atoms with van der Waals surface area (Å²) >= 11 is 0. The number of hydrogen-bond acceptors (Lipinski definition) is 3. The second-order valence-electron chi connectivity index (χ2n) is 5.61. The number of nitrogens with two attached hydrogens (primary N) is 1. The molecule has 3 nitrogen and oxygen atoms in total. The molecule has 0 radical (unpaired) electrons. The Morgan fingerprint density at radius 1 is 1.17 bits per heavy atom. The lowest BCUT2D eigenvalue weighted by Crippen LogP contribution is -2.43. The number of nitrogens with zero attached hydrogens (tertiary/aromatic N) is 2. The normalized spacial score (nSPS) is 27.1. The minimum atomic E-state index is 0.485. The molecule has 1 heterocycles. The topological polar surface area (TPSA) is 32.5 Å². The summed E-state index contributed by atoms with van der Waals surface area (Å²) in [5.41, 5.74) is 7.29. The molecule has 3 heteroatoms. The van der Waals surface area contributed by atoms with Crippen molar-refractivity contribution >= 4 is 0 Å². The van der Waals surface area contributed by atoms with E-state index in [0.29, 0.717) is 12.0 Å². The zero-order valence-corrected chi connectivity index (χ0v) is 11.5. The summed E-state index contributed by atoms with van der Waals surface area (Å²) in [5.74, 6) is 0.704. The van der Waals surface area contributed by atoms with Crippen LogP contribution in [0.3, 0.4) is 0 Å². The van der Waals surface area contributed by atoms with Crippen molar-refractivity contribution in [2.45, 2.75) is 19.5 Å². The molecule has 1 aliphatic rings. The van der Waals surface area contributed by atoms with E-state index in [1.807, 2.05) is 0 Å². The minimum Gasteiger partial charge on any atom is -0.329 e. The van der Waals surface area contributed by atoms with Gasteiger partial charge >= 0.3 is 0 Å². The summed E-state index contributed by atoms with van der Waals surface area (Å²) < 4.78 is 0. The van der Waals surface area contributed by atoms with E-state index < -0.39 is 0 Å². The van der Waals surface area contributed by atoms with Gasteiger partial charge in [0.25, 0.3) is 0 Å². The molecular weight excluding hydrogens is 222 g/mol. The predicted octanol–water partition coefficient (Wildman–Crippen LogP) is 1.40. The molecule has 2 N–H and O–H groups in total. The predicted molar refractivity (Wildman–Crippen MR) is 76.4 cm³/mol. The molecule has 0 saturated carbocycles. The first-order valence-corrected chi connectivity index (χ1v) is 6.85. The van der Waals surface area contributed by atoms with Crippen LogP contribution in [0.25, 0.3) is 0 Å². The number of likely N-dealkylation sites (N-methyl/N-ethyl adjacent to an activating group) is 1. The van der Waals surface area contributed by atoms with Gasteiger partial charge in [0.05, 0.1) is 0 Å². The van der Waals surface area contributed by atoms with Gasteiger partial charge in [-0.25, -0.2) is 0 Å². The molecule has 0 amide bonds. The van der Waals surface area contributed by atoms with Crippen molar-refractivity contribution in [3.05, 3.63) is 35.9 Å². The molecule has 1 saturated heterocycles. The van der Waals surface area contributed by atoms with Gasteiger partial charge in [0.15, 0.2) is 0 Å². The van der Waals surface area contributed by atoms with Crippen LogP contribution in [0.5, 0.6) is 0 Å². The van der Waals surface area contributed by atoms with Crippen LogP contribution in [0.1, 0.15) is 12.5 Å². The van der Waals surface area contributed by atoms with Crippen LogP contribution < -0.4 is 5.73 Å². The van der Waals surface area contributed by atoms with E-state index >= 15 is 0 Å². The Bertz CT molecular complexity index is 352. The van der Waals surface area contributed by atoms with Crippen molar-refractivity contribution in [3.63, 3.8) is 0 Å². The summed E-state index contributed by atoms with van der Waals surface area (Å²) in [4.78, 5) is 4.96. The number of rotatable bonds is 3. The molecule has 2 atom stereocenters. The molecule has 0 spiro atoms. The number of benzene rings is 1.